The zero-order valence-electron chi connectivity index (χ0n) is 25.1. The summed E-state index contributed by atoms with van der Waals surface area (Å²) in [5, 5.41) is 0. The molecule has 0 saturated heterocycles. The first kappa shape index (κ1) is 33.6. The van der Waals surface area contributed by atoms with E-state index in [1.54, 1.807) is 6.92 Å². The third-order valence-corrected chi connectivity index (χ3v) is 8.53. The smallest absolute Gasteiger partial charge is 0.334 e. The van der Waals surface area contributed by atoms with Gasteiger partial charge in [-0.2, -0.15) is 0 Å². The average molecular weight is 563 g/mol. The SMILES string of the molecule is C=C(CC(=O)OC1CCCC1)C(=O)OC.CCC1(OC(=O)/C=C(/C)C(=O)OC2(CC)CCCCC2)CCCCC1. The Kier molecular flexibility index (Phi) is 13.9. The van der Waals surface area contributed by atoms with Crippen LogP contribution in [0.5, 0.6) is 0 Å². The van der Waals surface area contributed by atoms with Crippen molar-refractivity contribution in [1.29, 1.82) is 0 Å². The maximum Gasteiger partial charge on any atom is 0.334 e. The number of hydrogen-bond donors (Lipinski definition) is 0. The lowest BCUT2D eigenvalue weighted by Crippen LogP contribution is -2.37. The van der Waals surface area contributed by atoms with Crippen molar-refractivity contribution in [2.45, 2.75) is 147 Å². The Morgan fingerprint density at radius 2 is 1.27 bits per heavy atom. The summed E-state index contributed by atoms with van der Waals surface area (Å²) in [7, 11) is 1.26. The van der Waals surface area contributed by atoms with Crippen LogP contribution in [0.3, 0.4) is 0 Å². The number of hydrogen-bond acceptors (Lipinski definition) is 8. The summed E-state index contributed by atoms with van der Waals surface area (Å²) in [6, 6.07) is 0. The molecule has 3 aliphatic rings. The second kappa shape index (κ2) is 16.6. The van der Waals surface area contributed by atoms with E-state index in [0.29, 0.717) is 5.57 Å². The van der Waals surface area contributed by atoms with Gasteiger partial charge in [-0.3, -0.25) is 4.79 Å². The average Bonchev–Trinajstić information content (AvgIpc) is 3.46. The van der Waals surface area contributed by atoms with Crippen molar-refractivity contribution in [2.75, 3.05) is 7.11 Å². The fraction of sp³-hybridized carbons (Fsp3) is 0.750. The third kappa shape index (κ3) is 10.7. The molecule has 0 unspecified atom stereocenters. The van der Waals surface area contributed by atoms with Crippen molar-refractivity contribution >= 4 is 23.9 Å². The van der Waals surface area contributed by atoms with E-state index < -0.39 is 17.9 Å². The molecule has 8 nitrogen and oxygen atoms in total. The van der Waals surface area contributed by atoms with Crippen molar-refractivity contribution in [3.05, 3.63) is 23.8 Å². The van der Waals surface area contributed by atoms with Gasteiger partial charge < -0.3 is 18.9 Å². The number of esters is 4. The first-order chi connectivity index (χ1) is 19.1. The van der Waals surface area contributed by atoms with Gasteiger partial charge in [-0.05, 0) is 96.8 Å². The van der Waals surface area contributed by atoms with Crippen LogP contribution in [-0.4, -0.2) is 48.3 Å². The highest BCUT2D eigenvalue weighted by Crippen LogP contribution is 2.36. The predicted molar refractivity (Wildman–Crippen MR) is 152 cm³/mol. The van der Waals surface area contributed by atoms with Crippen LogP contribution < -0.4 is 0 Å². The number of carbonyl (C=O) groups excluding carboxylic acids is 4. The quantitative estimate of drug-likeness (QED) is 0.162. The Morgan fingerprint density at radius 3 is 1.75 bits per heavy atom. The fourth-order valence-electron chi connectivity index (χ4n) is 5.83. The van der Waals surface area contributed by atoms with Gasteiger partial charge in [0.1, 0.15) is 17.3 Å². The van der Waals surface area contributed by atoms with Crippen molar-refractivity contribution < 1.29 is 38.1 Å². The van der Waals surface area contributed by atoms with Gasteiger partial charge in [0, 0.05) is 17.2 Å². The fourth-order valence-corrected chi connectivity index (χ4v) is 5.83. The summed E-state index contributed by atoms with van der Waals surface area (Å²) < 4.78 is 21.2. The summed E-state index contributed by atoms with van der Waals surface area (Å²) in [4.78, 5) is 47.1. The molecule has 3 saturated carbocycles. The lowest BCUT2D eigenvalue weighted by atomic mass is 9.82. The van der Waals surface area contributed by atoms with E-state index >= 15 is 0 Å². The minimum atomic E-state index is -0.557. The van der Waals surface area contributed by atoms with E-state index in [-0.39, 0.29) is 35.3 Å². The molecule has 0 aromatic rings. The van der Waals surface area contributed by atoms with E-state index in [0.717, 1.165) is 89.9 Å². The summed E-state index contributed by atoms with van der Waals surface area (Å²) in [6.45, 7) is 9.25. The van der Waals surface area contributed by atoms with Gasteiger partial charge in [0.15, 0.2) is 0 Å². The topological polar surface area (TPSA) is 105 Å². The second-order valence-corrected chi connectivity index (χ2v) is 11.5. The van der Waals surface area contributed by atoms with E-state index in [4.69, 9.17) is 14.2 Å². The van der Waals surface area contributed by atoms with Crippen LogP contribution in [0.25, 0.3) is 0 Å². The highest BCUT2D eigenvalue weighted by atomic mass is 16.6. The van der Waals surface area contributed by atoms with Crippen molar-refractivity contribution in [3.63, 3.8) is 0 Å². The molecule has 0 aromatic heterocycles. The molecular weight excluding hydrogens is 512 g/mol. The number of carbonyl (C=O) groups is 4. The molecule has 0 amide bonds. The first-order valence-corrected chi connectivity index (χ1v) is 15.2. The molecule has 0 atom stereocenters. The van der Waals surface area contributed by atoms with Gasteiger partial charge in [0.2, 0.25) is 0 Å². The largest absolute Gasteiger partial charge is 0.466 e. The Balaban J connectivity index is 0.000000319. The van der Waals surface area contributed by atoms with Gasteiger partial charge in [-0.15, -0.1) is 0 Å². The zero-order valence-corrected chi connectivity index (χ0v) is 25.1. The van der Waals surface area contributed by atoms with Crippen LogP contribution >= 0.6 is 0 Å². The van der Waals surface area contributed by atoms with E-state index in [1.807, 2.05) is 0 Å². The monoisotopic (exact) mass is 562 g/mol. The minimum absolute atomic E-state index is 0.0305. The molecule has 0 N–H and O–H groups in total. The summed E-state index contributed by atoms with van der Waals surface area (Å²) >= 11 is 0. The molecule has 0 radical (unpaired) electrons. The molecule has 0 bridgehead atoms. The van der Waals surface area contributed by atoms with Crippen molar-refractivity contribution in [1.82, 2.24) is 0 Å². The number of rotatable bonds is 10. The van der Waals surface area contributed by atoms with E-state index in [1.165, 1.54) is 26.0 Å². The molecule has 8 heteroatoms. The molecule has 0 heterocycles. The summed E-state index contributed by atoms with van der Waals surface area (Å²) in [5.41, 5.74) is -0.210. The molecule has 40 heavy (non-hydrogen) atoms. The van der Waals surface area contributed by atoms with Gasteiger partial charge in [-0.1, -0.05) is 33.3 Å². The van der Waals surface area contributed by atoms with Crippen molar-refractivity contribution in [2.24, 2.45) is 0 Å². The van der Waals surface area contributed by atoms with Gasteiger partial charge in [0.25, 0.3) is 0 Å². The normalized spacial score (nSPS) is 20.4. The predicted octanol–water partition coefficient (Wildman–Crippen LogP) is 6.84. The van der Waals surface area contributed by atoms with Crippen LogP contribution in [0, 0.1) is 0 Å². The first-order valence-electron chi connectivity index (χ1n) is 15.2. The maximum atomic E-state index is 12.5. The summed E-state index contributed by atoms with van der Waals surface area (Å²) in [6.07, 6.45) is 17.5. The van der Waals surface area contributed by atoms with Crippen LogP contribution in [0.1, 0.15) is 130 Å². The number of methoxy groups -OCH3 is 1. The molecule has 3 fully saturated rings. The van der Waals surface area contributed by atoms with Gasteiger partial charge in [-0.25, -0.2) is 14.4 Å². The molecule has 3 rings (SSSR count). The molecule has 0 spiro atoms. The Labute approximate surface area is 240 Å². The standard InChI is InChI=1S/C21H34O4.C11H16O4/c1-4-20(12-8-6-9-13-20)24-18(22)16-17(3)19(23)25-21(5-2)14-10-7-11-15-21;1-8(11(13)14-2)7-10(12)15-9-5-3-4-6-9/h16H,4-15H2,1-3H3;9H,1,3-7H2,2H3/b17-16-;. The Hall–Kier alpha value is -2.64. The molecule has 226 valence electrons. The summed E-state index contributed by atoms with van der Waals surface area (Å²) in [5.74, 6) is -1.74. The van der Waals surface area contributed by atoms with E-state index in [2.05, 4.69) is 25.2 Å². The Morgan fingerprint density at radius 1 is 0.775 bits per heavy atom. The van der Waals surface area contributed by atoms with Crippen LogP contribution in [0.15, 0.2) is 23.8 Å². The third-order valence-electron chi connectivity index (χ3n) is 8.53. The maximum absolute atomic E-state index is 12.5. The minimum Gasteiger partial charge on any atom is -0.466 e. The van der Waals surface area contributed by atoms with Crippen LogP contribution in [0.4, 0.5) is 0 Å². The highest BCUT2D eigenvalue weighted by molar-refractivity contribution is 5.96. The van der Waals surface area contributed by atoms with Gasteiger partial charge in [0.05, 0.1) is 13.5 Å². The van der Waals surface area contributed by atoms with Crippen LogP contribution in [-0.2, 0) is 38.1 Å². The highest BCUT2D eigenvalue weighted by Gasteiger charge is 2.36. The number of ether oxygens (including phenoxy) is 4. The molecular formula is C32H50O8. The molecule has 0 aliphatic heterocycles. The van der Waals surface area contributed by atoms with Crippen molar-refractivity contribution in [3.8, 4) is 0 Å². The van der Waals surface area contributed by atoms with Gasteiger partial charge >= 0.3 is 23.9 Å². The molecule has 0 aromatic carbocycles. The second-order valence-electron chi connectivity index (χ2n) is 11.5. The van der Waals surface area contributed by atoms with E-state index in [9.17, 15) is 19.2 Å². The lowest BCUT2D eigenvalue weighted by molar-refractivity contribution is -0.161. The molecule has 3 aliphatic carbocycles. The zero-order chi connectivity index (χ0) is 29.6. The van der Waals surface area contributed by atoms with Crippen LogP contribution in [0.2, 0.25) is 0 Å². The Bertz CT molecular complexity index is 900. The lowest BCUT2D eigenvalue weighted by Gasteiger charge is -2.36.